The van der Waals surface area contributed by atoms with Gasteiger partial charge in [0, 0.05) is 5.75 Å². The molecule has 0 radical (unpaired) electrons. The van der Waals surface area contributed by atoms with Crippen molar-refractivity contribution in [1.82, 2.24) is 4.90 Å². The molecule has 2 atom stereocenters. The number of fused-ring (bicyclic) bond motifs is 1. The van der Waals surface area contributed by atoms with E-state index in [-0.39, 0.29) is 23.3 Å². The van der Waals surface area contributed by atoms with Crippen LogP contribution in [0.25, 0.3) is 0 Å². The summed E-state index contributed by atoms with van der Waals surface area (Å²) in [6, 6.07) is 16.5. The smallest absolute Gasteiger partial charge is 0.337 e. The molecule has 0 spiro atoms. The van der Waals surface area contributed by atoms with Crippen molar-refractivity contribution >= 4 is 46.7 Å². The minimum absolute atomic E-state index is 0.0161. The Balaban J connectivity index is 1.62. The Morgan fingerprint density at radius 2 is 1.85 bits per heavy atom. The number of nitrogens with zero attached hydrogens (tertiary/aromatic N) is 2. The molecule has 132 valence electrons. The molecule has 0 bridgehead atoms. The predicted molar refractivity (Wildman–Crippen MR) is 105 cm³/mol. The van der Waals surface area contributed by atoms with E-state index in [1.807, 2.05) is 47.4 Å². The highest BCUT2D eigenvalue weighted by molar-refractivity contribution is 7.99. The van der Waals surface area contributed by atoms with Gasteiger partial charge in [-0.05, 0) is 42.0 Å². The second-order valence-corrected chi connectivity index (χ2v) is 7.49. The summed E-state index contributed by atoms with van der Waals surface area (Å²) in [6.07, 6.45) is 0. The largest absolute Gasteiger partial charge is 0.465 e. The van der Waals surface area contributed by atoms with Crippen molar-refractivity contribution in [3.8, 4) is 0 Å². The Labute approximate surface area is 160 Å². The molecule has 2 heterocycles. The average Bonchev–Trinajstić information content (AvgIpc) is 3.22. The third kappa shape index (κ3) is 2.68. The fourth-order valence-electron chi connectivity index (χ4n) is 3.26. The number of amides is 1. The molecular weight excluding hydrogens is 368 g/mol. The number of carbonyl (C=O) groups is 2. The number of hydrogen-bond acceptors (Lipinski definition) is 5. The molecule has 0 saturated carbocycles. The number of methoxy groups -OCH3 is 1. The molecule has 0 unspecified atom stereocenters. The van der Waals surface area contributed by atoms with Crippen molar-refractivity contribution in [2.45, 2.75) is 11.4 Å². The lowest BCUT2D eigenvalue weighted by Gasteiger charge is -2.25. The number of benzene rings is 2. The number of anilines is 1. The summed E-state index contributed by atoms with van der Waals surface area (Å²) in [7, 11) is 1.36. The maximum absolute atomic E-state index is 12.9. The van der Waals surface area contributed by atoms with Crippen molar-refractivity contribution < 1.29 is 14.3 Å². The van der Waals surface area contributed by atoms with Crippen LogP contribution in [0.1, 0.15) is 21.3 Å². The van der Waals surface area contributed by atoms with Crippen LogP contribution < -0.4 is 4.90 Å². The molecule has 2 aliphatic rings. The van der Waals surface area contributed by atoms with Crippen molar-refractivity contribution in [2.24, 2.45) is 0 Å². The van der Waals surface area contributed by atoms with Gasteiger partial charge in [-0.25, -0.2) is 4.79 Å². The van der Waals surface area contributed by atoms with E-state index in [2.05, 4.69) is 0 Å². The van der Waals surface area contributed by atoms with Gasteiger partial charge in [0.15, 0.2) is 5.11 Å². The fraction of sp³-hybridized carbons (Fsp3) is 0.211. The molecule has 0 N–H and O–H groups in total. The van der Waals surface area contributed by atoms with Crippen LogP contribution in [0, 0.1) is 0 Å². The normalized spacial score (nSPS) is 21.9. The van der Waals surface area contributed by atoms with E-state index < -0.39 is 0 Å². The second kappa shape index (κ2) is 6.74. The van der Waals surface area contributed by atoms with Crippen LogP contribution in [0.5, 0.6) is 0 Å². The molecule has 2 aromatic rings. The number of carbonyl (C=O) groups excluding carboxylic acids is 2. The summed E-state index contributed by atoms with van der Waals surface area (Å²) in [4.78, 5) is 28.1. The summed E-state index contributed by atoms with van der Waals surface area (Å²) in [6.45, 7) is 0. The standard InChI is InChI=1S/C19H16N2O3S2/c1-24-18(23)13-9-7-12(8-10-13)17-21-15(11-26-17)16(22)20(19(21)25)14-5-3-2-4-6-14/h2-10,15,17H,11H2,1H3/t15-,17-/m0/s1. The Kier molecular flexibility index (Phi) is 4.42. The summed E-state index contributed by atoms with van der Waals surface area (Å²) in [5, 5.41) is 0.482. The highest BCUT2D eigenvalue weighted by Gasteiger charge is 2.50. The molecular formula is C19H16N2O3S2. The number of esters is 1. The Bertz CT molecular complexity index is 870. The Morgan fingerprint density at radius 1 is 1.15 bits per heavy atom. The van der Waals surface area contributed by atoms with Crippen LogP contribution in [-0.2, 0) is 9.53 Å². The molecule has 2 aromatic carbocycles. The lowest BCUT2D eigenvalue weighted by molar-refractivity contribution is -0.119. The number of hydrogen-bond donors (Lipinski definition) is 0. The average molecular weight is 384 g/mol. The van der Waals surface area contributed by atoms with Crippen LogP contribution in [0.15, 0.2) is 54.6 Å². The molecule has 2 saturated heterocycles. The third-order valence-electron chi connectivity index (χ3n) is 4.55. The monoisotopic (exact) mass is 384 g/mol. The van der Waals surface area contributed by atoms with Crippen molar-refractivity contribution in [2.75, 3.05) is 17.8 Å². The minimum atomic E-state index is -0.365. The van der Waals surface area contributed by atoms with Crippen molar-refractivity contribution in [3.05, 3.63) is 65.7 Å². The van der Waals surface area contributed by atoms with Crippen molar-refractivity contribution in [3.63, 3.8) is 0 Å². The quantitative estimate of drug-likeness (QED) is 0.598. The molecule has 2 aliphatic heterocycles. The van der Waals surface area contributed by atoms with Crippen LogP contribution in [-0.4, -0.2) is 40.8 Å². The van der Waals surface area contributed by atoms with Crippen LogP contribution >= 0.6 is 24.0 Å². The van der Waals surface area contributed by atoms with Gasteiger partial charge in [-0.1, -0.05) is 30.3 Å². The molecule has 0 aromatic heterocycles. The minimum Gasteiger partial charge on any atom is -0.465 e. The SMILES string of the molecule is COC(=O)c1ccc([C@@H]2SC[C@H]3C(=O)N(c4ccccc4)C(=S)N32)cc1. The lowest BCUT2D eigenvalue weighted by Crippen LogP contribution is -2.33. The summed E-state index contributed by atoms with van der Waals surface area (Å²) >= 11 is 7.33. The maximum atomic E-state index is 12.9. The van der Waals surface area contributed by atoms with E-state index in [4.69, 9.17) is 17.0 Å². The zero-order valence-electron chi connectivity index (χ0n) is 14.0. The first-order chi connectivity index (χ1) is 12.6. The van der Waals surface area contributed by atoms with Gasteiger partial charge in [-0.2, -0.15) is 0 Å². The van der Waals surface area contributed by atoms with Gasteiger partial charge in [0.1, 0.15) is 11.4 Å². The number of para-hydroxylation sites is 1. The fourth-order valence-corrected chi connectivity index (χ4v) is 5.18. The Hall–Kier alpha value is -2.38. The van der Waals surface area contributed by atoms with Crippen LogP contribution in [0.3, 0.4) is 0 Å². The zero-order chi connectivity index (χ0) is 18.3. The van der Waals surface area contributed by atoms with Gasteiger partial charge in [0.2, 0.25) is 0 Å². The second-order valence-electron chi connectivity index (χ2n) is 6.01. The van der Waals surface area contributed by atoms with Crippen molar-refractivity contribution in [1.29, 1.82) is 0 Å². The van der Waals surface area contributed by atoms with Gasteiger partial charge < -0.3 is 9.64 Å². The molecule has 26 heavy (non-hydrogen) atoms. The third-order valence-corrected chi connectivity index (χ3v) is 6.27. The van der Waals surface area contributed by atoms with Gasteiger partial charge in [-0.15, -0.1) is 11.8 Å². The van der Waals surface area contributed by atoms with E-state index in [1.54, 1.807) is 28.8 Å². The number of rotatable bonds is 3. The van der Waals surface area contributed by atoms with E-state index in [9.17, 15) is 9.59 Å². The molecule has 2 fully saturated rings. The van der Waals surface area contributed by atoms with Crippen LogP contribution in [0.2, 0.25) is 0 Å². The first-order valence-electron chi connectivity index (χ1n) is 8.13. The molecule has 5 nitrogen and oxygen atoms in total. The van der Waals surface area contributed by atoms with E-state index in [1.165, 1.54) is 7.11 Å². The predicted octanol–water partition coefficient (Wildman–Crippen LogP) is 3.22. The highest BCUT2D eigenvalue weighted by Crippen LogP contribution is 2.46. The lowest BCUT2D eigenvalue weighted by atomic mass is 10.1. The van der Waals surface area contributed by atoms with E-state index >= 15 is 0 Å². The molecule has 1 amide bonds. The maximum Gasteiger partial charge on any atom is 0.337 e. The number of thiocarbonyl (C=S) groups is 1. The topological polar surface area (TPSA) is 49.9 Å². The van der Waals surface area contributed by atoms with Crippen LogP contribution in [0.4, 0.5) is 5.69 Å². The van der Waals surface area contributed by atoms with E-state index in [0.29, 0.717) is 16.4 Å². The molecule has 0 aliphatic carbocycles. The first-order valence-corrected chi connectivity index (χ1v) is 9.58. The highest BCUT2D eigenvalue weighted by atomic mass is 32.2. The van der Waals surface area contributed by atoms with Gasteiger partial charge >= 0.3 is 5.97 Å². The summed E-state index contributed by atoms with van der Waals surface area (Å²) < 4.78 is 4.74. The van der Waals surface area contributed by atoms with E-state index in [0.717, 1.165) is 11.3 Å². The number of thioether (sulfide) groups is 1. The van der Waals surface area contributed by atoms with Gasteiger partial charge in [-0.3, -0.25) is 9.69 Å². The molecule has 4 rings (SSSR count). The zero-order valence-corrected chi connectivity index (χ0v) is 15.6. The Morgan fingerprint density at radius 3 is 2.50 bits per heavy atom. The molecule has 7 heteroatoms. The summed E-state index contributed by atoms with van der Waals surface area (Å²) in [5.41, 5.74) is 2.30. The first kappa shape index (κ1) is 17.1. The number of ether oxygens (including phenoxy) is 1. The van der Waals surface area contributed by atoms with Gasteiger partial charge in [0.05, 0.1) is 18.4 Å². The van der Waals surface area contributed by atoms with Gasteiger partial charge in [0.25, 0.3) is 5.91 Å². The summed E-state index contributed by atoms with van der Waals surface area (Å²) in [5.74, 6) is 0.337.